The van der Waals surface area contributed by atoms with E-state index < -0.39 is 26.0 Å². The minimum atomic E-state index is -4.68. The van der Waals surface area contributed by atoms with Gasteiger partial charge in [-0.15, -0.1) is 0 Å². The number of thiocarbonyl (C=S) groups is 1. The first-order valence-corrected chi connectivity index (χ1v) is 17.3. The van der Waals surface area contributed by atoms with Crippen molar-refractivity contribution in [1.82, 2.24) is 9.97 Å². The van der Waals surface area contributed by atoms with Gasteiger partial charge in [0.1, 0.15) is 15.9 Å². The maximum absolute atomic E-state index is 11.7. The predicted octanol–water partition coefficient (Wildman–Crippen LogP) is 0.347. The Balaban J connectivity index is 0.00000760. The zero-order chi connectivity index (χ0) is 28.0. The maximum Gasteiger partial charge on any atom is 1.00 e. The van der Waals surface area contributed by atoms with Crippen LogP contribution in [0, 0.1) is 0 Å². The molecular formula is C27H42K2N2O6S3. The van der Waals surface area contributed by atoms with Gasteiger partial charge in [0.25, 0.3) is 0 Å². The van der Waals surface area contributed by atoms with Crippen LogP contribution in [0.25, 0.3) is 11.0 Å². The van der Waals surface area contributed by atoms with Crippen molar-refractivity contribution in [1.29, 1.82) is 0 Å². The number of hydrogen-bond acceptors (Lipinski definition) is 8. The van der Waals surface area contributed by atoms with Gasteiger partial charge in [0.2, 0.25) is 0 Å². The van der Waals surface area contributed by atoms with E-state index in [4.69, 9.17) is 12.2 Å². The number of imidazole rings is 1. The van der Waals surface area contributed by atoms with E-state index in [9.17, 15) is 25.9 Å². The summed E-state index contributed by atoms with van der Waals surface area (Å²) in [5.41, 5.74) is 1.43. The Hall–Kier alpha value is 1.87. The Bertz CT molecular complexity index is 1230. The number of aryl methyl sites for hydroxylation is 1. The average molecular weight is 665 g/mol. The number of aromatic nitrogens is 2. The first-order valence-electron chi connectivity index (χ1n) is 13.9. The van der Waals surface area contributed by atoms with Gasteiger partial charge in [0.15, 0.2) is 0 Å². The van der Waals surface area contributed by atoms with E-state index in [0.717, 1.165) is 24.1 Å². The molecule has 40 heavy (non-hydrogen) atoms. The van der Waals surface area contributed by atoms with Gasteiger partial charge in [-0.1, -0.05) is 96.2 Å². The van der Waals surface area contributed by atoms with Crippen molar-refractivity contribution >= 4 is 48.4 Å². The molecule has 2 aromatic rings. The average Bonchev–Trinajstić information content (AvgIpc) is 3.24. The van der Waals surface area contributed by atoms with E-state index in [2.05, 4.69) is 16.9 Å². The molecule has 0 aliphatic rings. The number of hydrogen-bond donors (Lipinski definition) is 1. The van der Waals surface area contributed by atoms with E-state index in [1.807, 2.05) is 0 Å². The van der Waals surface area contributed by atoms with E-state index >= 15 is 0 Å². The third-order valence-electron chi connectivity index (χ3n) is 6.73. The number of nitrogens with one attached hydrogen (secondary N) is 1. The second-order valence-electron chi connectivity index (χ2n) is 10.2. The molecule has 0 fully saturated rings. The summed E-state index contributed by atoms with van der Waals surface area (Å²) in [6.07, 6.45) is 17.8. The second-order valence-corrected chi connectivity index (χ2v) is 13.7. The van der Waals surface area contributed by atoms with Crippen LogP contribution < -0.4 is 103 Å². The normalized spacial score (nSPS) is 11.8. The summed E-state index contributed by atoms with van der Waals surface area (Å²) >= 11 is 5.57. The molecule has 0 radical (unpaired) electrons. The molecule has 1 heterocycles. The van der Waals surface area contributed by atoms with Crippen molar-refractivity contribution in [2.45, 2.75) is 121 Å². The molecular weight excluding hydrogens is 623 g/mol. The van der Waals surface area contributed by atoms with Gasteiger partial charge in [-0.05, 0) is 41.8 Å². The molecule has 13 heteroatoms. The van der Waals surface area contributed by atoms with Gasteiger partial charge in [0.05, 0.1) is 26.0 Å². The summed E-state index contributed by atoms with van der Waals surface area (Å²) in [7, 11) is -9.01. The molecule has 8 nitrogen and oxygen atoms in total. The molecule has 0 saturated carbocycles. The Morgan fingerprint density at radius 1 is 0.825 bits per heavy atom. The van der Waals surface area contributed by atoms with Gasteiger partial charge in [0, 0.05) is 18.6 Å². The van der Waals surface area contributed by atoms with Crippen LogP contribution in [0.2, 0.25) is 0 Å². The number of fused-ring (bicyclic) bond motifs is 1. The van der Waals surface area contributed by atoms with Gasteiger partial charge < -0.3 is 14.1 Å². The number of nitrogens with zero attached hydrogens (tertiary/aromatic N) is 1. The SMILES string of the molecule is CCCCCCCCCCCCCCCC(=S)Cc1cc(S(=O)(=O)[O-])cc2[nH]c(CCCS(=O)(=O)[O-])nc12.[K+].[K+]. The van der Waals surface area contributed by atoms with E-state index in [-0.39, 0.29) is 121 Å². The molecule has 1 aromatic heterocycles. The molecule has 1 aromatic carbocycles. The van der Waals surface area contributed by atoms with Gasteiger partial charge in [-0.25, -0.2) is 21.8 Å². The fourth-order valence-electron chi connectivity index (χ4n) is 4.67. The molecule has 0 aliphatic carbocycles. The standard InChI is InChI=1S/C27H44N2O6S3.2K/c1-2-3-4-5-6-7-8-9-10-11-12-13-14-16-23(36)19-22-20-24(38(33,34)35)21-25-27(22)29-26(28-25)17-15-18-37(30,31)32;;/h20-21H,2-19H2,1H3,(H,28,29)(H,30,31,32)(H,33,34,35);;/q;2*+1/p-2. The van der Waals surface area contributed by atoms with Crippen LogP contribution in [0.3, 0.4) is 0 Å². The molecule has 216 valence electrons. The summed E-state index contributed by atoms with van der Waals surface area (Å²) in [6, 6.07) is 2.56. The molecule has 1 N–H and O–H groups in total. The number of rotatable bonds is 21. The van der Waals surface area contributed by atoms with Crippen molar-refractivity contribution in [3.8, 4) is 0 Å². The minimum Gasteiger partial charge on any atom is -0.748 e. The third-order valence-corrected chi connectivity index (χ3v) is 8.68. The number of benzene rings is 1. The fraction of sp³-hybridized carbons (Fsp3) is 0.704. The van der Waals surface area contributed by atoms with Gasteiger partial charge >= 0.3 is 103 Å². The zero-order valence-electron chi connectivity index (χ0n) is 24.5. The van der Waals surface area contributed by atoms with E-state index in [1.165, 1.54) is 82.8 Å². The van der Waals surface area contributed by atoms with E-state index in [1.54, 1.807) is 0 Å². The Kier molecular flexibility index (Phi) is 23.4. The minimum absolute atomic E-state index is 0. The van der Waals surface area contributed by atoms with E-state index in [0.29, 0.717) is 28.8 Å². The molecule has 0 atom stereocenters. The van der Waals surface area contributed by atoms with Crippen molar-refractivity contribution < 1.29 is 129 Å². The molecule has 0 unspecified atom stereocenters. The molecule has 0 spiro atoms. The van der Waals surface area contributed by atoms with Crippen LogP contribution in [0.15, 0.2) is 17.0 Å². The van der Waals surface area contributed by atoms with Crippen LogP contribution >= 0.6 is 12.2 Å². The summed E-state index contributed by atoms with van der Waals surface area (Å²) in [5, 5.41) is 0. The zero-order valence-corrected chi connectivity index (χ0v) is 33.2. The number of H-pyrrole nitrogens is 1. The number of unbranched alkanes of at least 4 members (excludes halogenated alkanes) is 12. The molecule has 2 rings (SSSR count). The monoisotopic (exact) mass is 664 g/mol. The third kappa shape index (κ3) is 18.0. The Morgan fingerprint density at radius 3 is 1.85 bits per heavy atom. The molecule has 0 amide bonds. The van der Waals surface area contributed by atoms with Gasteiger partial charge in [-0.3, -0.25) is 0 Å². The van der Waals surface area contributed by atoms with Crippen LogP contribution in [0.1, 0.15) is 115 Å². The first kappa shape index (κ1) is 41.9. The summed E-state index contributed by atoms with van der Waals surface area (Å²) < 4.78 is 67.6. The molecule has 0 bridgehead atoms. The summed E-state index contributed by atoms with van der Waals surface area (Å²) in [6.45, 7) is 2.24. The fourth-order valence-corrected chi connectivity index (χ4v) is 6.01. The largest absolute Gasteiger partial charge is 1.00 e. The molecule has 0 aliphatic heterocycles. The topological polar surface area (TPSA) is 143 Å². The quantitative estimate of drug-likeness (QED) is 0.0872. The van der Waals surface area contributed by atoms with Crippen LogP contribution in [0.4, 0.5) is 0 Å². The van der Waals surface area contributed by atoms with Crippen molar-refractivity contribution in [2.75, 3.05) is 5.75 Å². The molecule has 0 saturated heterocycles. The first-order chi connectivity index (χ1) is 18.0. The van der Waals surface area contributed by atoms with Crippen molar-refractivity contribution in [2.24, 2.45) is 0 Å². The maximum atomic E-state index is 11.7. The Morgan fingerprint density at radius 2 is 1.35 bits per heavy atom. The number of aromatic amines is 1. The summed E-state index contributed by atoms with van der Waals surface area (Å²) in [4.78, 5) is 7.83. The predicted molar refractivity (Wildman–Crippen MR) is 154 cm³/mol. The second kappa shape index (κ2) is 22.4. The van der Waals surface area contributed by atoms with Gasteiger partial charge in [-0.2, -0.15) is 0 Å². The van der Waals surface area contributed by atoms with Crippen LogP contribution in [-0.4, -0.2) is 46.5 Å². The van der Waals surface area contributed by atoms with Crippen LogP contribution in [-0.2, 0) is 33.1 Å². The van der Waals surface area contributed by atoms with Crippen molar-refractivity contribution in [3.05, 3.63) is 23.5 Å². The Labute approximate surface area is 331 Å². The van der Waals surface area contributed by atoms with Crippen molar-refractivity contribution in [3.63, 3.8) is 0 Å². The smallest absolute Gasteiger partial charge is 0.748 e. The summed E-state index contributed by atoms with van der Waals surface area (Å²) in [5.74, 6) is -0.0897. The van der Waals surface area contributed by atoms with Crippen LogP contribution in [0.5, 0.6) is 0 Å².